The lowest BCUT2D eigenvalue weighted by atomic mass is 9.80. The van der Waals surface area contributed by atoms with Crippen LogP contribution in [0.2, 0.25) is 5.02 Å². The lowest BCUT2D eigenvalue weighted by Gasteiger charge is -2.45. The van der Waals surface area contributed by atoms with Crippen LogP contribution in [0, 0.1) is 0 Å². The largest absolute Gasteiger partial charge is 0.369 e. The first-order valence-electron chi connectivity index (χ1n) is 7.63. The standard InChI is InChI=1S/C17H27ClN2/c1-6-7-19-11-13-8-14-12(2)10-17(3,4)20(5)16(14)9-15(13)18/h8-9,12,19H,6-7,10-11H2,1-5H3. The molecule has 2 rings (SSSR count). The molecule has 3 heteroatoms. The Labute approximate surface area is 128 Å². The lowest BCUT2D eigenvalue weighted by Crippen LogP contribution is -2.45. The van der Waals surface area contributed by atoms with Crippen molar-refractivity contribution in [2.24, 2.45) is 0 Å². The van der Waals surface area contributed by atoms with E-state index in [4.69, 9.17) is 11.6 Å². The number of hydrogen-bond acceptors (Lipinski definition) is 2. The summed E-state index contributed by atoms with van der Waals surface area (Å²) in [5.41, 5.74) is 4.14. The van der Waals surface area contributed by atoms with Gasteiger partial charge in [0.25, 0.3) is 0 Å². The molecule has 1 N–H and O–H groups in total. The molecule has 112 valence electrons. The van der Waals surface area contributed by atoms with Gasteiger partial charge in [0, 0.05) is 29.8 Å². The van der Waals surface area contributed by atoms with Gasteiger partial charge in [-0.05, 0) is 56.3 Å². The number of rotatable bonds is 4. The van der Waals surface area contributed by atoms with Gasteiger partial charge < -0.3 is 10.2 Å². The maximum atomic E-state index is 6.48. The van der Waals surface area contributed by atoms with Crippen molar-refractivity contribution in [3.8, 4) is 0 Å². The van der Waals surface area contributed by atoms with Crippen LogP contribution >= 0.6 is 11.6 Å². The highest BCUT2D eigenvalue weighted by atomic mass is 35.5. The maximum Gasteiger partial charge on any atom is 0.0471 e. The fraction of sp³-hybridized carbons (Fsp3) is 0.647. The van der Waals surface area contributed by atoms with Crippen LogP contribution in [0.25, 0.3) is 0 Å². The molecule has 0 aliphatic carbocycles. The predicted octanol–water partition coefficient (Wildman–Crippen LogP) is 4.56. The molecule has 1 unspecified atom stereocenters. The number of halogens is 1. The summed E-state index contributed by atoms with van der Waals surface area (Å²) in [6.07, 6.45) is 2.33. The Kier molecular flexibility index (Phi) is 4.66. The van der Waals surface area contributed by atoms with Gasteiger partial charge in [0.05, 0.1) is 0 Å². The van der Waals surface area contributed by atoms with Gasteiger partial charge in [0.2, 0.25) is 0 Å². The highest BCUT2D eigenvalue weighted by Crippen LogP contribution is 2.44. The van der Waals surface area contributed by atoms with Crippen LogP contribution in [0.1, 0.15) is 57.6 Å². The topological polar surface area (TPSA) is 15.3 Å². The Hall–Kier alpha value is -0.730. The Balaban J connectivity index is 2.33. The molecule has 0 aromatic heterocycles. The number of anilines is 1. The van der Waals surface area contributed by atoms with Gasteiger partial charge in [-0.15, -0.1) is 0 Å². The Morgan fingerprint density at radius 2 is 2.10 bits per heavy atom. The molecule has 0 bridgehead atoms. The zero-order valence-corrected chi connectivity index (χ0v) is 14.1. The molecule has 0 fully saturated rings. The van der Waals surface area contributed by atoms with Crippen molar-refractivity contribution in [1.82, 2.24) is 5.32 Å². The quantitative estimate of drug-likeness (QED) is 0.819. The third-order valence-electron chi connectivity index (χ3n) is 4.54. The smallest absolute Gasteiger partial charge is 0.0471 e. The first-order chi connectivity index (χ1) is 9.36. The zero-order chi connectivity index (χ0) is 14.9. The van der Waals surface area contributed by atoms with E-state index in [-0.39, 0.29) is 5.54 Å². The van der Waals surface area contributed by atoms with Gasteiger partial charge in [0.15, 0.2) is 0 Å². The number of hydrogen-bond donors (Lipinski definition) is 1. The van der Waals surface area contributed by atoms with Crippen LogP contribution in [0.15, 0.2) is 12.1 Å². The Bertz CT molecular complexity index is 482. The van der Waals surface area contributed by atoms with E-state index in [0.717, 1.165) is 24.5 Å². The van der Waals surface area contributed by atoms with Crippen LogP contribution in [0.3, 0.4) is 0 Å². The van der Waals surface area contributed by atoms with Crippen molar-refractivity contribution in [3.05, 3.63) is 28.3 Å². The van der Waals surface area contributed by atoms with Crippen LogP contribution in [0.4, 0.5) is 5.69 Å². The fourth-order valence-electron chi connectivity index (χ4n) is 3.17. The first kappa shape index (κ1) is 15.7. The third kappa shape index (κ3) is 2.96. The normalized spacial score (nSPS) is 20.9. The molecule has 1 atom stereocenters. The second kappa shape index (κ2) is 5.95. The molecule has 1 aromatic carbocycles. The minimum Gasteiger partial charge on any atom is -0.369 e. The minimum absolute atomic E-state index is 0.192. The van der Waals surface area contributed by atoms with Crippen LogP contribution in [-0.4, -0.2) is 19.1 Å². The molecule has 0 radical (unpaired) electrons. The second-order valence-electron chi connectivity index (χ2n) is 6.66. The molecule has 2 nitrogen and oxygen atoms in total. The van der Waals surface area contributed by atoms with Crippen LogP contribution < -0.4 is 10.2 Å². The van der Waals surface area contributed by atoms with Crippen molar-refractivity contribution in [3.63, 3.8) is 0 Å². The molecular formula is C17H27ClN2. The molecule has 1 aliphatic rings. The average Bonchev–Trinajstić information content (AvgIpc) is 2.37. The van der Waals surface area contributed by atoms with Crippen LogP contribution in [0.5, 0.6) is 0 Å². The van der Waals surface area contributed by atoms with E-state index in [2.05, 4.69) is 57.1 Å². The van der Waals surface area contributed by atoms with Gasteiger partial charge >= 0.3 is 0 Å². The minimum atomic E-state index is 0.192. The van der Waals surface area contributed by atoms with Crippen molar-refractivity contribution in [2.75, 3.05) is 18.5 Å². The van der Waals surface area contributed by atoms with E-state index in [1.54, 1.807) is 0 Å². The van der Waals surface area contributed by atoms with E-state index < -0.39 is 0 Å². The molecular weight excluding hydrogens is 268 g/mol. The summed E-state index contributed by atoms with van der Waals surface area (Å²) >= 11 is 6.48. The third-order valence-corrected chi connectivity index (χ3v) is 4.90. The van der Waals surface area contributed by atoms with Crippen molar-refractivity contribution in [1.29, 1.82) is 0 Å². The van der Waals surface area contributed by atoms with E-state index in [0.29, 0.717) is 5.92 Å². The van der Waals surface area contributed by atoms with Gasteiger partial charge in [-0.25, -0.2) is 0 Å². The lowest BCUT2D eigenvalue weighted by molar-refractivity contribution is 0.395. The zero-order valence-electron chi connectivity index (χ0n) is 13.4. The van der Waals surface area contributed by atoms with Gasteiger partial charge in [-0.2, -0.15) is 0 Å². The number of nitrogens with one attached hydrogen (secondary N) is 1. The highest BCUT2D eigenvalue weighted by Gasteiger charge is 2.34. The number of benzene rings is 1. The molecule has 0 spiro atoms. The summed E-state index contributed by atoms with van der Waals surface area (Å²) in [4.78, 5) is 2.37. The summed E-state index contributed by atoms with van der Waals surface area (Å²) in [5.74, 6) is 0.582. The monoisotopic (exact) mass is 294 g/mol. The van der Waals surface area contributed by atoms with Gasteiger partial charge in [-0.3, -0.25) is 0 Å². The van der Waals surface area contributed by atoms with Crippen molar-refractivity contribution < 1.29 is 0 Å². The molecule has 0 saturated carbocycles. The van der Waals surface area contributed by atoms with Crippen LogP contribution in [-0.2, 0) is 6.54 Å². The Morgan fingerprint density at radius 1 is 1.40 bits per heavy atom. The average molecular weight is 295 g/mol. The van der Waals surface area contributed by atoms with E-state index in [1.807, 2.05) is 0 Å². The highest BCUT2D eigenvalue weighted by molar-refractivity contribution is 6.31. The van der Waals surface area contributed by atoms with E-state index in [1.165, 1.54) is 23.2 Å². The summed E-state index contributed by atoms with van der Waals surface area (Å²) in [6, 6.07) is 4.45. The van der Waals surface area contributed by atoms with E-state index >= 15 is 0 Å². The van der Waals surface area contributed by atoms with Crippen molar-refractivity contribution >= 4 is 17.3 Å². The van der Waals surface area contributed by atoms with Gasteiger partial charge in [0.1, 0.15) is 0 Å². The van der Waals surface area contributed by atoms with Crippen molar-refractivity contribution in [2.45, 2.75) is 58.5 Å². The summed E-state index contributed by atoms with van der Waals surface area (Å²) in [7, 11) is 2.18. The maximum absolute atomic E-state index is 6.48. The SMILES string of the molecule is CCCNCc1cc2c(cc1Cl)N(C)C(C)(C)CC2C. The molecule has 0 saturated heterocycles. The van der Waals surface area contributed by atoms with E-state index in [9.17, 15) is 0 Å². The first-order valence-corrected chi connectivity index (χ1v) is 8.01. The summed E-state index contributed by atoms with van der Waals surface area (Å²) in [6.45, 7) is 11.0. The predicted molar refractivity (Wildman–Crippen MR) is 89.0 cm³/mol. The summed E-state index contributed by atoms with van der Waals surface area (Å²) in [5, 5.41) is 4.32. The van der Waals surface area contributed by atoms with Gasteiger partial charge in [-0.1, -0.05) is 31.5 Å². The molecule has 20 heavy (non-hydrogen) atoms. The summed E-state index contributed by atoms with van der Waals surface area (Å²) < 4.78 is 0. The molecule has 1 aliphatic heterocycles. The Morgan fingerprint density at radius 3 is 2.75 bits per heavy atom. The second-order valence-corrected chi connectivity index (χ2v) is 7.06. The molecule has 0 amide bonds. The fourth-order valence-corrected chi connectivity index (χ4v) is 3.39. The molecule has 1 heterocycles. The molecule has 1 aromatic rings. The number of fused-ring (bicyclic) bond motifs is 1. The number of nitrogens with zero attached hydrogens (tertiary/aromatic N) is 1.